The number of nitrogens with one attached hydrogen (secondary N) is 1. The molecular formula is C21H28N4O5. The highest BCUT2D eigenvalue weighted by molar-refractivity contribution is 5.95. The minimum Gasteiger partial charge on any atom is -0.459 e. The van der Waals surface area contributed by atoms with Crippen LogP contribution in [0.15, 0.2) is 27.3 Å². The van der Waals surface area contributed by atoms with E-state index in [4.69, 9.17) is 8.94 Å². The molecule has 30 heavy (non-hydrogen) atoms. The lowest BCUT2D eigenvalue weighted by atomic mass is 10.0. The second-order valence-corrected chi connectivity index (χ2v) is 7.86. The number of furan rings is 1. The van der Waals surface area contributed by atoms with Crippen LogP contribution in [0.5, 0.6) is 0 Å². The van der Waals surface area contributed by atoms with Crippen LogP contribution in [0.25, 0.3) is 0 Å². The van der Waals surface area contributed by atoms with Crippen molar-refractivity contribution in [2.24, 2.45) is 5.92 Å². The molecule has 0 spiro atoms. The van der Waals surface area contributed by atoms with Gasteiger partial charge in [-0.15, -0.1) is 0 Å². The van der Waals surface area contributed by atoms with Crippen LogP contribution in [0.3, 0.4) is 0 Å². The number of aryl methyl sites for hydroxylation is 2. The van der Waals surface area contributed by atoms with E-state index in [1.807, 2.05) is 20.8 Å². The first-order valence-corrected chi connectivity index (χ1v) is 10.1. The van der Waals surface area contributed by atoms with E-state index >= 15 is 0 Å². The van der Waals surface area contributed by atoms with Crippen molar-refractivity contribution in [3.05, 3.63) is 41.2 Å². The summed E-state index contributed by atoms with van der Waals surface area (Å²) in [5.74, 6) is 0.159. The Balaban J connectivity index is 1.56. The van der Waals surface area contributed by atoms with Gasteiger partial charge in [-0.2, -0.15) is 0 Å². The third kappa shape index (κ3) is 4.72. The normalized spacial score (nSPS) is 15.4. The number of piperazine rings is 1. The minimum absolute atomic E-state index is 0.0111. The number of rotatable bonds is 6. The first-order valence-electron chi connectivity index (χ1n) is 10.1. The minimum atomic E-state index is -0.660. The first-order chi connectivity index (χ1) is 14.3. The van der Waals surface area contributed by atoms with E-state index in [2.05, 4.69) is 10.5 Å². The van der Waals surface area contributed by atoms with Crippen LogP contribution in [-0.2, 0) is 16.0 Å². The molecule has 0 aliphatic carbocycles. The van der Waals surface area contributed by atoms with Crippen molar-refractivity contribution in [2.45, 2.75) is 40.2 Å². The van der Waals surface area contributed by atoms with Gasteiger partial charge in [0.15, 0.2) is 5.76 Å². The Hall–Kier alpha value is -3.10. The predicted octanol–water partition coefficient (Wildman–Crippen LogP) is 1.55. The van der Waals surface area contributed by atoms with Crippen LogP contribution in [0.2, 0.25) is 0 Å². The SMILES string of the molecule is Cc1noc(C)c1CC(=O)N1CCN(C(=O)C(NC(=O)c2ccco2)C(C)C)CC1. The lowest BCUT2D eigenvalue weighted by Gasteiger charge is -2.37. The van der Waals surface area contributed by atoms with Gasteiger partial charge in [0.25, 0.3) is 5.91 Å². The van der Waals surface area contributed by atoms with E-state index < -0.39 is 11.9 Å². The molecule has 1 saturated heterocycles. The van der Waals surface area contributed by atoms with Crippen LogP contribution in [-0.4, -0.2) is 64.9 Å². The Morgan fingerprint density at radius 2 is 1.80 bits per heavy atom. The van der Waals surface area contributed by atoms with E-state index in [1.54, 1.807) is 28.9 Å². The van der Waals surface area contributed by atoms with E-state index in [1.165, 1.54) is 6.26 Å². The molecule has 2 aromatic heterocycles. The molecule has 0 radical (unpaired) electrons. The van der Waals surface area contributed by atoms with Gasteiger partial charge >= 0.3 is 0 Å². The zero-order chi connectivity index (χ0) is 21.8. The number of nitrogens with zero attached hydrogens (tertiary/aromatic N) is 3. The van der Waals surface area contributed by atoms with Crippen LogP contribution in [0, 0.1) is 19.8 Å². The number of aromatic nitrogens is 1. The molecule has 3 amide bonds. The summed E-state index contributed by atoms with van der Waals surface area (Å²) in [6.07, 6.45) is 1.66. The first kappa shape index (κ1) is 21.6. The molecule has 162 valence electrons. The quantitative estimate of drug-likeness (QED) is 0.765. The van der Waals surface area contributed by atoms with Crippen molar-refractivity contribution in [2.75, 3.05) is 26.2 Å². The van der Waals surface area contributed by atoms with Crippen molar-refractivity contribution in [3.63, 3.8) is 0 Å². The van der Waals surface area contributed by atoms with Gasteiger partial charge in [-0.25, -0.2) is 0 Å². The Labute approximate surface area is 175 Å². The number of amides is 3. The van der Waals surface area contributed by atoms with Crippen LogP contribution in [0.4, 0.5) is 0 Å². The molecule has 1 aliphatic heterocycles. The standard InChI is InChI=1S/C21H28N4O5/c1-13(2)19(22-20(27)17-6-5-11-29-17)21(28)25-9-7-24(8-10-25)18(26)12-16-14(3)23-30-15(16)4/h5-6,11,13,19H,7-10,12H2,1-4H3,(H,22,27). The molecule has 1 fully saturated rings. The molecule has 9 heteroatoms. The van der Waals surface area contributed by atoms with Crippen molar-refractivity contribution in [1.29, 1.82) is 0 Å². The molecule has 1 atom stereocenters. The zero-order valence-electron chi connectivity index (χ0n) is 17.8. The molecule has 2 aromatic rings. The van der Waals surface area contributed by atoms with Crippen molar-refractivity contribution in [3.8, 4) is 0 Å². The van der Waals surface area contributed by atoms with Crippen molar-refractivity contribution >= 4 is 17.7 Å². The highest BCUT2D eigenvalue weighted by Crippen LogP contribution is 2.16. The largest absolute Gasteiger partial charge is 0.459 e. The van der Waals surface area contributed by atoms with Gasteiger partial charge < -0.3 is 24.1 Å². The van der Waals surface area contributed by atoms with E-state index in [0.29, 0.717) is 31.9 Å². The monoisotopic (exact) mass is 416 g/mol. The summed E-state index contributed by atoms with van der Waals surface area (Å²) in [4.78, 5) is 41.4. The molecular weight excluding hydrogens is 388 g/mol. The topological polar surface area (TPSA) is 109 Å². The van der Waals surface area contributed by atoms with Gasteiger partial charge in [0.2, 0.25) is 11.8 Å². The summed E-state index contributed by atoms with van der Waals surface area (Å²) >= 11 is 0. The summed E-state index contributed by atoms with van der Waals surface area (Å²) in [6, 6.07) is 2.52. The summed E-state index contributed by atoms with van der Waals surface area (Å²) < 4.78 is 10.2. The average Bonchev–Trinajstić information content (AvgIpc) is 3.37. The number of hydrogen-bond acceptors (Lipinski definition) is 6. The molecule has 0 aromatic carbocycles. The van der Waals surface area contributed by atoms with Gasteiger partial charge in [0.1, 0.15) is 11.8 Å². The smallest absolute Gasteiger partial charge is 0.287 e. The van der Waals surface area contributed by atoms with E-state index in [9.17, 15) is 14.4 Å². The fourth-order valence-corrected chi connectivity index (χ4v) is 3.52. The molecule has 3 heterocycles. The molecule has 9 nitrogen and oxygen atoms in total. The van der Waals surface area contributed by atoms with Gasteiger partial charge in [-0.1, -0.05) is 19.0 Å². The fourth-order valence-electron chi connectivity index (χ4n) is 3.52. The molecule has 0 bridgehead atoms. The summed E-state index contributed by atoms with van der Waals surface area (Å²) in [7, 11) is 0. The number of carbonyl (C=O) groups excluding carboxylic acids is 3. The maximum absolute atomic E-state index is 13.0. The maximum atomic E-state index is 13.0. The van der Waals surface area contributed by atoms with E-state index in [-0.39, 0.29) is 29.9 Å². The fraction of sp³-hybridized carbons (Fsp3) is 0.524. The average molecular weight is 416 g/mol. The highest BCUT2D eigenvalue weighted by Gasteiger charge is 2.32. The second kappa shape index (κ2) is 9.15. The Kier molecular flexibility index (Phi) is 6.59. The maximum Gasteiger partial charge on any atom is 0.287 e. The lowest BCUT2D eigenvalue weighted by Crippen LogP contribution is -2.57. The highest BCUT2D eigenvalue weighted by atomic mass is 16.5. The second-order valence-electron chi connectivity index (χ2n) is 7.86. The molecule has 1 unspecified atom stereocenters. The number of carbonyl (C=O) groups is 3. The van der Waals surface area contributed by atoms with Gasteiger partial charge in [-0.3, -0.25) is 14.4 Å². The summed E-state index contributed by atoms with van der Waals surface area (Å²) in [6.45, 7) is 9.12. The van der Waals surface area contributed by atoms with Crippen molar-refractivity contribution in [1.82, 2.24) is 20.3 Å². The third-order valence-electron chi connectivity index (χ3n) is 5.42. The Morgan fingerprint density at radius 3 is 2.33 bits per heavy atom. The van der Waals surface area contributed by atoms with Crippen LogP contribution < -0.4 is 5.32 Å². The molecule has 3 rings (SSSR count). The number of hydrogen-bond donors (Lipinski definition) is 1. The van der Waals surface area contributed by atoms with Gasteiger partial charge in [0.05, 0.1) is 18.4 Å². The summed E-state index contributed by atoms with van der Waals surface area (Å²) in [5.41, 5.74) is 1.54. The molecule has 0 saturated carbocycles. The van der Waals surface area contributed by atoms with Gasteiger partial charge in [-0.05, 0) is 31.9 Å². The molecule has 1 N–H and O–H groups in total. The Bertz CT molecular complexity index is 875. The van der Waals surface area contributed by atoms with Crippen LogP contribution >= 0.6 is 0 Å². The Morgan fingerprint density at radius 1 is 1.13 bits per heavy atom. The van der Waals surface area contributed by atoms with E-state index in [0.717, 1.165) is 11.3 Å². The zero-order valence-corrected chi connectivity index (χ0v) is 17.8. The van der Waals surface area contributed by atoms with Crippen molar-refractivity contribution < 1.29 is 23.3 Å². The lowest BCUT2D eigenvalue weighted by molar-refractivity contribution is -0.141. The van der Waals surface area contributed by atoms with Gasteiger partial charge in [0, 0.05) is 31.7 Å². The molecule has 1 aliphatic rings. The third-order valence-corrected chi connectivity index (χ3v) is 5.42. The predicted molar refractivity (Wildman–Crippen MR) is 108 cm³/mol. The van der Waals surface area contributed by atoms with Crippen LogP contribution in [0.1, 0.15) is 41.4 Å². The summed E-state index contributed by atoms with van der Waals surface area (Å²) in [5, 5.41) is 6.66.